The van der Waals surface area contributed by atoms with Crippen LogP contribution in [-0.2, 0) is 11.1 Å². The van der Waals surface area contributed by atoms with Gasteiger partial charge in [0.25, 0.3) is 0 Å². The quantitative estimate of drug-likeness (QED) is 0.780. The molecule has 1 atom stereocenters. The number of hydrogen-bond donors (Lipinski definition) is 1. The van der Waals surface area contributed by atoms with E-state index in [4.69, 9.17) is 4.55 Å². The summed E-state index contributed by atoms with van der Waals surface area (Å²) < 4.78 is 32.7. The predicted molar refractivity (Wildman–Crippen MR) is 47.9 cm³/mol. The van der Waals surface area contributed by atoms with Crippen molar-refractivity contribution in [1.82, 2.24) is 0 Å². The Kier molecular flexibility index (Phi) is 2.98. The van der Waals surface area contributed by atoms with Crippen LogP contribution in [0, 0.1) is 12.7 Å². The van der Waals surface area contributed by atoms with Gasteiger partial charge in [-0.2, -0.15) is 0 Å². The first-order valence-electron chi connectivity index (χ1n) is 3.09. The maximum atomic E-state index is 12.9. The molecule has 1 N–H and O–H groups in total. The molecule has 12 heavy (non-hydrogen) atoms. The maximum absolute atomic E-state index is 12.9. The molecule has 0 radical (unpaired) electrons. The molecule has 0 spiro atoms. The van der Waals surface area contributed by atoms with Crippen molar-refractivity contribution in [3.05, 3.63) is 28.0 Å². The van der Waals surface area contributed by atoms with E-state index < -0.39 is 16.9 Å². The number of hydrogen-bond acceptors (Lipinski definition) is 1. The van der Waals surface area contributed by atoms with Gasteiger partial charge in [0.15, 0.2) is 11.1 Å². The lowest BCUT2D eigenvalue weighted by atomic mass is 10.2. The fourth-order valence-electron chi connectivity index (χ4n) is 0.762. The van der Waals surface area contributed by atoms with Gasteiger partial charge in [-0.1, -0.05) is 15.9 Å². The Hall–Kier alpha value is -0.260. The fraction of sp³-hybridized carbons (Fsp3) is 0.143. The minimum absolute atomic E-state index is 0.201. The van der Waals surface area contributed by atoms with Gasteiger partial charge in [-0.05, 0) is 24.6 Å². The van der Waals surface area contributed by atoms with E-state index in [0.29, 0.717) is 10.0 Å². The van der Waals surface area contributed by atoms with Crippen LogP contribution in [0.1, 0.15) is 5.56 Å². The molecule has 0 aliphatic heterocycles. The van der Waals surface area contributed by atoms with E-state index in [0.717, 1.165) is 0 Å². The van der Waals surface area contributed by atoms with Gasteiger partial charge in [-0.15, -0.1) is 0 Å². The summed E-state index contributed by atoms with van der Waals surface area (Å²) in [4.78, 5) is -0.201. The molecule has 1 rings (SSSR count). The Balaban J connectivity index is 3.33. The lowest BCUT2D eigenvalue weighted by molar-refractivity contribution is 0.543. The third kappa shape index (κ3) is 1.91. The van der Waals surface area contributed by atoms with E-state index in [-0.39, 0.29) is 4.90 Å². The summed E-state index contributed by atoms with van der Waals surface area (Å²) in [5, 5.41) is 0. The fourth-order valence-corrected chi connectivity index (χ4v) is 1.70. The van der Waals surface area contributed by atoms with Crippen LogP contribution in [0.15, 0.2) is 21.5 Å². The lowest BCUT2D eigenvalue weighted by Crippen LogP contribution is -1.94. The van der Waals surface area contributed by atoms with Crippen molar-refractivity contribution in [3.8, 4) is 0 Å². The van der Waals surface area contributed by atoms with Crippen molar-refractivity contribution >= 4 is 27.0 Å². The SMILES string of the molecule is Cc1cc(F)c(S(=O)O)cc1Br. The minimum Gasteiger partial charge on any atom is -0.302 e. The van der Waals surface area contributed by atoms with Crippen molar-refractivity contribution in [2.75, 3.05) is 0 Å². The molecule has 5 heteroatoms. The van der Waals surface area contributed by atoms with Gasteiger partial charge in [0.2, 0.25) is 0 Å². The highest BCUT2D eigenvalue weighted by atomic mass is 79.9. The maximum Gasteiger partial charge on any atom is 0.189 e. The minimum atomic E-state index is -2.26. The molecule has 0 saturated carbocycles. The summed E-state index contributed by atoms with van der Waals surface area (Å²) in [6.45, 7) is 1.71. The second-order valence-electron chi connectivity index (χ2n) is 2.28. The number of halogens is 2. The summed E-state index contributed by atoms with van der Waals surface area (Å²) in [5.74, 6) is -0.656. The zero-order valence-corrected chi connectivity index (χ0v) is 8.58. The molecule has 66 valence electrons. The number of rotatable bonds is 1. The normalized spacial score (nSPS) is 13.0. The molecule has 1 unspecified atom stereocenters. The van der Waals surface area contributed by atoms with Crippen molar-refractivity contribution in [2.24, 2.45) is 0 Å². The monoisotopic (exact) mass is 252 g/mol. The summed E-state index contributed by atoms with van der Waals surface area (Å²) in [6.07, 6.45) is 0. The Morgan fingerprint density at radius 1 is 1.58 bits per heavy atom. The highest BCUT2D eigenvalue weighted by Gasteiger charge is 2.09. The molecule has 0 bridgehead atoms. The van der Waals surface area contributed by atoms with E-state index in [9.17, 15) is 8.60 Å². The van der Waals surface area contributed by atoms with Gasteiger partial charge < -0.3 is 4.55 Å². The van der Waals surface area contributed by atoms with Crippen LogP contribution < -0.4 is 0 Å². The highest BCUT2D eigenvalue weighted by molar-refractivity contribution is 9.10. The average Bonchev–Trinajstić information content (AvgIpc) is 1.96. The second kappa shape index (κ2) is 3.64. The average molecular weight is 253 g/mol. The van der Waals surface area contributed by atoms with E-state index in [2.05, 4.69) is 15.9 Å². The van der Waals surface area contributed by atoms with Gasteiger partial charge in [0, 0.05) is 4.47 Å². The molecule has 0 fully saturated rings. The molecule has 2 nitrogen and oxygen atoms in total. The van der Waals surface area contributed by atoms with Crippen molar-refractivity contribution < 1.29 is 13.2 Å². The first kappa shape index (κ1) is 9.83. The zero-order chi connectivity index (χ0) is 9.30. The number of benzene rings is 1. The molecule has 0 heterocycles. The Labute approximate surface area is 80.2 Å². The molecule has 0 aromatic heterocycles. The Bertz CT molecular complexity index is 340. The van der Waals surface area contributed by atoms with Crippen LogP contribution in [0.25, 0.3) is 0 Å². The molecular formula is C7H6BrFO2S. The molecular weight excluding hydrogens is 247 g/mol. The van der Waals surface area contributed by atoms with Crippen LogP contribution in [-0.4, -0.2) is 8.76 Å². The Morgan fingerprint density at radius 3 is 2.67 bits per heavy atom. The van der Waals surface area contributed by atoms with E-state index in [1.54, 1.807) is 6.92 Å². The van der Waals surface area contributed by atoms with Crippen LogP contribution in [0.4, 0.5) is 4.39 Å². The number of aryl methyl sites for hydroxylation is 1. The van der Waals surface area contributed by atoms with E-state index >= 15 is 0 Å². The molecule has 1 aromatic rings. The molecule has 0 aliphatic carbocycles. The first-order valence-corrected chi connectivity index (χ1v) is 4.99. The molecule has 0 amide bonds. The van der Waals surface area contributed by atoms with Gasteiger partial charge in [-0.25, -0.2) is 8.60 Å². The third-order valence-corrected chi connectivity index (χ3v) is 2.94. The zero-order valence-electron chi connectivity index (χ0n) is 6.17. The van der Waals surface area contributed by atoms with Crippen molar-refractivity contribution in [1.29, 1.82) is 0 Å². The Morgan fingerprint density at radius 2 is 2.17 bits per heavy atom. The third-order valence-electron chi connectivity index (χ3n) is 1.40. The lowest BCUT2D eigenvalue weighted by Gasteiger charge is -2.01. The van der Waals surface area contributed by atoms with Crippen LogP contribution >= 0.6 is 15.9 Å². The largest absolute Gasteiger partial charge is 0.302 e. The van der Waals surface area contributed by atoms with E-state index in [1.165, 1.54) is 12.1 Å². The first-order chi connectivity index (χ1) is 5.52. The summed E-state index contributed by atoms with van der Waals surface area (Å²) >= 11 is 0.872. The molecule has 1 aromatic carbocycles. The van der Waals surface area contributed by atoms with Crippen LogP contribution in [0.2, 0.25) is 0 Å². The topological polar surface area (TPSA) is 37.3 Å². The second-order valence-corrected chi connectivity index (χ2v) is 4.07. The van der Waals surface area contributed by atoms with Gasteiger partial charge in [0.1, 0.15) is 10.7 Å². The van der Waals surface area contributed by atoms with Crippen molar-refractivity contribution in [3.63, 3.8) is 0 Å². The van der Waals surface area contributed by atoms with E-state index in [1.807, 2.05) is 0 Å². The van der Waals surface area contributed by atoms with Crippen molar-refractivity contribution in [2.45, 2.75) is 11.8 Å². The van der Waals surface area contributed by atoms with Gasteiger partial charge >= 0.3 is 0 Å². The van der Waals surface area contributed by atoms with Gasteiger partial charge in [-0.3, -0.25) is 0 Å². The predicted octanol–water partition coefficient (Wildman–Crippen LogP) is 2.48. The summed E-state index contributed by atoms with van der Waals surface area (Å²) in [6, 6.07) is 2.52. The summed E-state index contributed by atoms with van der Waals surface area (Å²) in [7, 11) is 0. The molecule has 0 saturated heterocycles. The smallest absolute Gasteiger partial charge is 0.189 e. The van der Waals surface area contributed by atoms with Crippen LogP contribution in [0.3, 0.4) is 0 Å². The standard InChI is InChI=1S/C7H6BrFO2S/c1-4-2-6(9)7(12(10)11)3-5(4)8/h2-3H,1H3,(H,10,11). The van der Waals surface area contributed by atoms with Gasteiger partial charge in [0.05, 0.1) is 0 Å². The molecule has 0 aliphatic rings. The van der Waals surface area contributed by atoms with Crippen LogP contribution in [0.5, 0.6) is 0 Å². The summed E-state index contributed by atoms with van der Waals surface area (Å²) in [5.41, 5.74) is 0.696. The highest BCUT2D eigenvalue weighted by Crippen LogP contribution is 2.22.